The Kier molecular flexibility index (Phi) is 5.61. The number of ether oxygens (including phenoxy) is 1. The first kappa shape index (κ1) is 18.1. The van der Waals surface area contributed by atoms with Crippen molar-refractivity contribution in [2.75, 3.05) is 37.0 Å². The first-order valence-electron chi connectivity index (χ1n) is 9.13. The zero-order valence-electron chi connectivity index (χ0n) is 15.7. The average molecular weight is 350 g/mol. The van der Waals surface area contributed by atoms with Crippen LogP contribution in [0.4, 0.5) is 11.4 Å². The second-order valence-corrected chi connectivity index (χ2v) is 6.60. The van der Waals surface area contributed by atoms with E-state index < -0.39 is 0 Å². The number of carbonyl (C=O) groups is 1. The number of hydrogen-bond acceptors (Lipinski definition) is 4. The number of esters is 1. The molecule has 136 valence electrons. The van der Waals surface area contributed by atoms with Crippen molar-refractivity contribution in [2.45, 2.75) is 20.3 Å². The standard InChI is InChI=1S/C22H26N2O2/c1-4-26-22(25)18-8-6-17(7-9-18)14-16(2)19-10-11-21-20(15-19)23-12-5-13-24(21)3/h6-11,14-15,23H,4-5,12-13H2,1-3H3/b16-14+. The summed E-state index contributed by atoms with van der Waals surface area (Å²) in [6, 6.07) is 14.1. The zero-order chi connectivity index (χ0) is 18.5. The molecule has 0 aliphatic carbocycles. The lowest BCUT2D eigenvalue weighted by Crippen LogP contribution is -2.17. The highest BCUT2D eigenvalue weighted by Crippen LogP contribution is 2.31. The van der Waals surface area contributed by atoms with E-state index >= 15 is 0 Å². The minimum absolute atomic E-state index is 0.277. The van der Waals surface area contributed by atoms with Crippen LogP contribution in [0.5, 0.6) is 0 Å². The molecule has 0 amide bonds. The molecule has 1 N–H and O–H groups in total. The quantitative estimate of drug-likeness (QED) is 0.642. The molecule has 2 aromatic carbocycles. The topological polar surface area (TPSA) is 41.6 Å². The highest BCUT2D eigenvalue weighted by Gasteiger charge is 2.12. The van der Waals surface area contributed by atoms with E-state index in [0.717, 1.165) is 25.1 Å². The van der Waals surface area contributed by atoms with E-state index in [2.05, 4.69) is 48.5 Å². The van der Waals surface area contributed by atoms with E-state index in [1.807, 2.05) is 31.2 Å². The van der Waals surface area contributed by atoms with Gasteiger partial charge in [0.25, 0.3) is 0 Å². The fraction of sp³-hybridized carbons (Fsp3) is 0.318. The van der Waals surface area contributed by atoms with Crippen LogP contribution >= 0.6 is 0 Å². The van der Waals surface area contributed by atoms with E-state index in [0.29, 0.717) is 12.2 Å². The molecule has 3 rings (SSSR count). The molecule has 4 heteroatoms. The highest BCUT2D eigenvalue weighted by molar-refractivity contribution is 5.90. The molecule has 1 aliphatic rings. The lowest BCUT2D eigenvalue weighted by Gasteiger charge is -2.19. The van der Waals surface area contributed by atoms with Gasteiger partial charge in [-0.25, -0.2) is 4.79 Å². The van der Waals surface area contributed by atoms with Crippen LogP contribution in [0.15, 0.2) is 42.5 Å². The molecule has 0 atom stereocenters. The second kappa shape index (κ2) is 8.09. The summed E-state index contributed by atoms with van der Waals surface area (Å²) in [4.78, 5) is 14.0. The zero-order valence-corrected chi connectivity index (χ0v) is 15.7. The van der Waals surface area contributed by atoms with Crippen LogP contribution in [0.1, 0.15) is 41.8 Å². The van der Waals surface area contributed by atoms with Crippen molar-refractivity contribution >= 4 is 29.0 Å². The number of rotatable bonds is 4. The molecular weight excluding hydrogens is 324 g/mol. The number of nitrogens with zero attached hydrogens (tertiary/aromatic N) is 1. The number of allylic oxidation sites excluding steroid dienone is 1. The van der Waals surface area contributed by atoms with Crippen LogP contribution < -0.4 is 10.2 Å². The molecule has 0 fully saturated rings. The molecule has 0 saturated heterocycles. The molecule has 26 heavy (non-hydrogen) atoms. The van der Waals surface area contributed by atoms with Gasteiger partial charge >= 0.3 is 5.97 Å². The number of fused-ring (bicyclic) bond motifs is 1. The Morgan fingerprint density at radius 1 is 1.19 bits per heavy atom. The predicted molar refractivity (Wildman–Crippen MR) is 109 cm³/mol. The van der Waals surface area contributed by atoms with Gasteiger partial charge in [0.2, 0.25) is 0 Å². The van der Waals surface area contributed by atoms with E-state index in [4.69, 9.17) is 4.74 Å². The van der Waals surface area contributed by atoms with Crippen molar-refractivity contribution in [3.63, 3.8) is 0 Å². The summed E-state index contributed by atoms with van der Waals surface area (Å²) in [5, 5.41) is 3.53. The summed E-state index contributed by atoms with van der Waals surface area (Å²) >= 11 is 0. The van der Waals surface area contributed by atoms with Crippen molar-refractivity contribution in [3.8, 4) is 0 Å². The molecular formula is C22H26N2O2. The van der Waals surface area contributed by atoms with Crippen LogP contribution in [0.25, 0.3) is 11.6 Å². The van der Waals surface area contributed by atoms with Gasteiger partial charge in [-0.15, -0.1) is 0 Å². The van der Waals surface area contributed by atoms with Gasteiger partial charge in [-0.3, -0.25) is 0 Å². The Hall–Kier alpha value is -2.75. The van der Waals surface area contributed by atoms with E-state index in [-0.39, 0.29) is 5.97 Å². The summed E-state index contributed by atoms with van der Waals surface area (Å²) < 4.78 is 5.02. The summed E-state index contributed by atoms with van der Waals surface area (Å²) in [5.41, 5.74) is 6.46. The van der Waals surface area contributed by atoms with Gasteiger partial charge in [0.05, 0.1) is 23.5 Å². The molecule has 0 aromatic heterocycles. The molecule has 0 bridgehead atoms. The van der Waals surface area contributed by atoms with Gasteiger partial charge in [-0.2, -0.15) is 0 Å². The van der Waals surface area contributed by atoms with Crippen LogP contribution in [0.3, 0.4) is 0 Å². The second-order valence-electron chi connectivity index (χ2n) is 6.60. The van der Waals surface area contributed by atoms with Crippen LogP contribution in [0, 0.1) is 0 Å². The molecule has 0 radical (unpaired) electrons. The Labute approximate surface area is 155 Å². The Bertz CT molecular complexity index is 809. The van der Waals surface area contributed by atoms with Crippen molar-refractivity contribution in [3.05, 3.63) is 59.2 Å². The van der Waals surface area contributed by atoms with Gasteiger partial charge in [0.15, 0.2) is 0 Å². The summed E-state index contributed by atoms with van der Waals surface area (Å²) in [7, 11) is 2.14. The third-order valence-electron chi connectivity index (χ3n) is 4.65. The maximum absolute atomic E-state index is 11.7. The first-order valence-corrected chi connectivity index (χ1v) is 9.13. The Morgan fingerprint density at radius 3 is 2.65 bits per heavy atom. The summed E-state index contributed by atoms with van der Waals surface area (Å²) in [5.74, 6) is -0.277. The molecule has 1 heterocycles. The lowest BCUT2D eigenvalue weighted by molar-refractivity contribution is 0.0526. The number of anilines is 2. The van der Waals surface area contributed by atoms with Gasteiger partial charge in [-0.1, -0.05) is 24.3 Å². The monoisotopic (exact) mass is 350 g/mol. The third-order valence-corrected chi connectivity index (χ3v) is 4.65. The molecule has 2 aromatic rings. The van der Waals surface area contributed by atoms with Crippen molar-refractivity contribution in [2.24, 2.45) is 0 Å². The van der Waals surface area contributed by atoms with Gasteiger partial charge < -0.3 is 15.0 Å². The minimum atomic E-state index is -0.277. The van der Waals surface area contributed by atoms with Crippen molar-refractivity contribution < 1.29 is 9.53 Å². The van der Waals surface area contributed by atoms with E-state index in [9.17, 15) is 4.79 Å². The maximum atomic E-state index is 11.7. The SMILES string of the molecule is CCOC(=O)c1ccc(/C=C(\C)c2ccc3c(c2)NCCCN3C)cc1. The van der Waals surface area contributed by atoms with Crippen LogP contribution in [-0.2, 0) is 4.74 Å². The summed E-state index contributed by atoms with van der Waals surface area (Å²) in [6.45, 7) is 6.38. The number of hydrogen-bond donors (Lipinski definition) is 1. The smallest absolute Gasteiger partial charge is 0.338 e. The normalized spacial score (nSPS) is 14.3. The van der Waals surface area contributed by atoms with Crippen LogP contribution in [-0.4, -0.2) is 32.7 Å². The molecule has 0 saturated carbocycles. The Balaban J connectivity index is 1.81. The number of benzene rings is 2. The molecule has 0 unspecified atom stereocenters. The molecule has 4 nitrogen and oxygen atoms in total. The number of carbonyl (C=O) groups excluding carboxylic acids is 1. The first-order chi connectivity index (χ1) is 12.6. The van der Waals surface area contributed by atoms with E-state index in [1.54, 1.807) is 0 Å². The largest absolute Gasteiger partial charge is 0.462 e. The maximum Gasteiger partial charge on any atom is 0.338 e. The van der Waals surface area contributed by atoms with Crippen molar-refractivity contribution in [1.82, 2.24) is 0 Å². The minimum Gasteiger partial charge on any atom is -0.462 e. The van der Waals surface area contributed by atoms with Crippen molar-refractivity contribution in [1.29, 1.82) is 0 Å². The average Bonchev–Trinajstić information content (AvgIpc) is 2.83. The number of nitrogens with one attached hydrogen (secondary N) is 1. The lowest BCUT2D eigenvalue weighted by atomic mass is 10.0. The summed E-state index contributed by atoms with van der Waals surface area (Å²) in [6.07, 6.45) is 3.28. The van der Waals surface area contributed by atoms with E-state index in [1.165, 1.54) is 22.5 Å². The van der Waals surface area contributed by atoms with Gasteiger partial charge in [-0.05, 0) is 61.2 Å². The third kappa shape index (κ3) is 4.07. The molecule has 0 spiro atoms. The highest BCUT2D eigenvalue weighted by atomic mass is 16.5. The fourth-order valence-electron chi connectivity index (χ4n) is 3.18. The van der Waals surface area contributed by atoms with Crippen LogP contribution in [0.2, 0.25) is 0 Å². The van der Waals surface area contributed by atoms with Gasteiger partial charge in [0, 0.05) is 20.1 Å². The van der Waals surface area contributed by atoms with Gasteiger partial charge in [0.1, 0.15) is 0 Å². The predicted octanol–water partition coefficient (Wildman–Crippen LogP) is 4.68. The Morgan fingerprint density at radius 2 is 1.92 bits per heavy atom. The fourth-order valence-corrected chi connectivity index (χ4v) is 3.18. The molecule has 1 aliphatic heterocycles.